The molecule has 1 heterocycles. The van der Waals surface area contributed by atoms with Gasteiger partial charge in [0.15, 0.2) is 0 Å². The fraction of sp³-hybridized carbons (Fsp3) is 0.538. The van der Waals surface area contributed by atoms with Crippen LogP contribution in [0.5, 0.6) is 5.75 Å². The minimum Gasteiger partial charge on any atom is -0.506 e. The van der Waals surface area contributed by atoms with Crippen molar-refractivity contribution in [3.05, 3.63) is 26.6 Å². The Morgan fingerprint density at radius 3 is 2.19 bits per heavy atom. The summed E-state index contributed by atoms with van der Waals surface area (Å²) in [5, 5.41) is 13.0. The molecule has 1 aromatic rings. The molecule has 0 spiro atoms. The van der Waals surface area contributed by atoms with Gasteiger partial charge in [-0.1, -0.05) is 0 Å². The zero-order valence-electron chi connectivity index (χ0n) is 11.2. The molecule has 8 heteroatoms. The molecule has 0 amide bonds. The van der Waals surface area contributed by atoms with E-state index in [1.54, 1.807) is 12.1 Å². The van der Waals surface area contributed by atoms with Gasteiger partial charge in [-0.3, -0.25) is 4.90 Å². The molecular formula is C13H17Br2ClF2N2O. The van der Waals surface area contributed by atoms with E-state index in [9.17, 15) is 13.9 Å². The van der Waals surface area contributed by atoms with Gasteiger partial charge in [0.25, 0.3) is 0 Å². The van der Waals surface area contributed by atoms with Crippen molar-refractivity contribution in [2.24, 2.45) is 0 Å². The molecule has 21 heavy (non-hydrogen) atoms. The monoisotopic (exact) mass is 448 g/mol. The van der Waals surface area contributed by atoms with Crippen LogP contribution in [0.3, 0.4) is 0 Å². The third-order valence-corrected chi connectivity index (χ3v) is 4.63. The van der Waals surface area contributed by atoms with Crippen molar-refractivity contribution in [1.29, 1.82) is 0 Å². The number of nitrogens with zero attached hydrogens (tertiary/aromatic N) is 1. The van der Waals surface area contributed by atoms with E-state index in [0.29, 0.717) is 8.95 Å². The molecule has 0 aromatic heterocycles. The second-order valence-corrected chi connectivity index (χ2v) is 6.47. The molecule has 2 rings (SSSR count). The summed E-state index contributed by atoms with van der Waals surface area (Å²) >= 11 is 6.51. The Bertz CT molecular complexity index is 450. The first-order chi connectivity index (χ1) is 9.49. The maximum absolute atomic E-state index is 12.9. The summed E-state index contributed by atoms with van der Waals surface area (Å²) < 4.78 is 26.8. The van der Waals surface area contributed by atoms with Gasteiger partial charge in [0.05, 0.1) is 8.95 Å². The third kappa shape index (κ3) is 5.03. The summed E-state index contributed by atoms with van der Waals surface area (Å²) in [4.78, 5) is 2.06. The van der Waals surface area contributed by atoms with Crippen molar-refractivity contribution in [3.63, 3.8) is 0 Å². The normalized spacial score (nSPS) is 17.6. The van der Waals surface area contributed by atoms with Gasteiger partial charge >= 0.3 is 0 Å². The average Bonchev–Trinajstić information content (AvgIpc) is 2.42. The van der Waals surface area contributed by atoms with Gasteiger partial charge in [0, 0.05) is 38.6 Å². The molecule has 0 radical (unpaired) electrons. The van der Waals surface area contributed by atoms with Gasteiger partial charge in [-0.2, -0.15) is 0 Å². The zero-order valence-corrected chi connectivity index (χ0v) is 15.1. The number of phenols is 1. The van der Waals surface area contributed by atoms with Crippen molar-refractivity contribution < 1.29 is 13.9 Å². The Morgan fingerprint density at radius 2 is 1.71 bits per heavy atom. The quantitative estimate of drug-likeness (QED) is 0.730. The van der Waals surface area contributed by atoms with Crippen molar-refractivity contribution in [2.75, 3.05) is 26.2 Å². The minimum absolute atomic E-state index is 0. The maximum atomic E-state index is 12.9. The topological polar surface area (TPSA) is 35.5 Å². The van der Waals surface area contributed by atoms with E-state index in [4.69, 9.17) is 0 Å². The van der Waals surface area contributed by atoms with E-state index in [0.717, 1.165) is 31.7 Å². The van der Waals surface area contributed by atoms with E-state index in [-0.39, 0.29) is 30.6 Å². The number of alkyl halides is 2. The Morgan fingerprint density at radius 1 is 1.19 bits per heavy atom. The second-order valence-electron chi connectivity index (χ2n) is 4.76. The largest absolute Gasteiger partial charge is 0.506 e. The molecule has 3 nitrogen and oxygen atoms in total. The van der Waals surface area contributed by atoms with Gasteiger partial charge in [-0.05, 0) is 49.6 Å². The van der Waals surface area contributed by atoms with E-state index < -0.39 is 6.43 Å². The van der Waals surface area contributed by atoms with Crippen LogP contribution >= 0.6 is 44.3 Å². The van der Waals surface area contributed by atoms with Gasteiger partial charge in [0.1, 0.15) is 5.75 Å². The predicted molar refractivity (Wildman–Crippen MR) is 88.6 cm³/mol. The molecule has 0 saturated carbocycles. The van der Waals surface area contributed by atoms with E-state index >= 15 is 0 Å². The first-order valence-electron chi connectivity index (χ1n) is 6.40. The minimum atomic E-state index is -2.36. The fourth-order valence-electron chi connectivity index (χ4n) is 2.44. The third-order valence-electron chi connectivity index (χ3n) is 3.42. The SMILES string of the molecule is Cl.Oc1c(Br)cc([C@@H](CC(F)F)N2CCNCC2)cc1Br. The van der Waals surface area contributed by atoms with E-state index in [2.05, 4.69) is 42.1 Å². The molecule has 1 fully saturated rings. The van der Waals surface area contributed by atoms with Crippen LogP contribution in [0.2, 0.25) is 0 Å². The zero-order chi connectivity index (χ0) is 14.7. The summed E-state index contributed by atoms with van der Waals surface area (Å²) in [5.74, 6) is 0.0878. The van der Waals surface area contributed by atoms with Crippen LogP contribution in [0.4, 0.5) is 8.78 Å². The van der Waals surface area contributed by atoms with Gasteiger partial charge in [-0.15, -0.1) is 12.4 Å². The molecule has 0 unspecified atom stereocenters. The Labute approximate surface area is 145 Å². The van der Waals surface area contributed by atoms with Crippen molar-refractivity contribution in [1.82, 2.24) is 10.2 Å². The van der Waals surface area contributed by atoms with Crippen LogP contribution < -0.4 is 5.32 Å². The van der Waals surface area contributed by atoms with Crippen molar-refractivity contribution in [3.8, 4) is 5.75 Å². The highest BCUT2D eigenvalue weighted by Gasteiger charge is 2.26. The lowest BCUT2D eigenvalue weighted by atomic mass is 10.0. The average molecular weight is 451 g/mol. The Kier molecular flexibility index (Phi) is 7.84. The number of piperazine rings is 1. The first kappa shape index (κ1) is 19.1. The summed E-state index contributed by atoms with van der Waals surface area (Å²) in [6.45, 7) is 3.10. The van der Waals surface area contributed by atoms with Crippen LogP contribution in [0.1, 0.15) is 18.0 Å². The molecular weight excluding hydrogens is 433 g/mol. The first-order valence-corrected chi connectivity index (χ1v) is 7.98. The van der Waals surface area contributed by atoms with Gasteiger partial charge in [-0.25, -0.2) is 8.78 Å². The molecule has 2 N–H and O–H groups in total. The summed E-state index contributed by atoms with van der Waals surface area (Å²) in [7, 11) is 0. The lowest BCUT2D eigenvalue weighted by molar-refractivity contribution is 0.0738. The summed E-state index contributed by atoms with van der Waals surface area (Å²) in [6, 6.07) is 3.09. The predicted octanol–water partition coefficient (Wildman–Crippen LogP) is 3.94. The highest BCUT2D eigenvalue weighted by atomic mass is 79.9. The van der Waals surface area contributed by atoms with Crippen LogP contribution in [-0.4, -0.2) is 42.6 Å². The van der Waals surface area contributed by atoms with Crippen LogP contribution in [0.15, 0.2) is 21.1 Å². The van der Waals surface area contributed by atoms with Crippen molar-refractivity contribution >= 4 is 44.3 Å². The van der Waals surface area contributed by atoms with Gasteiger partial charge in [0.2, 0.25) is 6.43 Å². The number of aromatic hydroxyl groups is 1. The van der Waals surface area contributed by atoms with Crippen molar-refractivity contribution in [2.45, 2.75) is 18.9 Å². The molecule has 1 aromatic carbocycles. The molecule has 1 atom stereocenters. The summed E-state index contributed by atoms with van der Waals surface area (Å²) in [6.07, 6.45) is -2.56. The number of nitrogens with one attached hydrogen (secondary N) is 1. The standard InChI is InChI=1S/C13H16Br2F2N2O.ClH/c14-9-5-8(6-10(15)13(9)20)11(7-12(16)17)19-3-1-18-2-4-19;/h5-6,11-12,18,20H,1-4,7H2;1H/t11-;/m1./s1. The highest BCUT2D eigenvalue weighted by molar-refractivity contribution is 9.11. The van der Waals surface area contributed by atoms with Crippen LogP contribution in [-0.2, 0) is 0 Å². The molecule has 0 aliphatic carbocycles. The number of benzene rings is 1. The number of halogens is 5. The summed E-state index contributed by atoms with van der Waals surface area (Å²) in [5.41, 5.74) is 0.781. The number of phenolic OH excluding ortho intramolecular Hbond substituents is 1. The lowest BCUT2D eigenvalue weighted by Gasteiger charge is -2.35. The molecule has 1 saturated heterocycles. The fourth-order valence-corrected chi connectivity index (χ4v) is 3.66. The Hall–Kier alpha value is 0.0500. The molecule has 1 aliphatic rings. The number of rotatable bonds is 4. The maximum Gasteiger partial charge on any atom is 0.240 e. The van der Waals surface area contributed by atoms with Gasteiger partial charge < -0.3 is 10.4 Å². The molecule has 0 bridgehead atoms. The van der Waals surface area contributed by atoms with Crippen LogP contribution in [0.25, 0.3) is 0 Å². The number of hydrogen-bond donors (Lipinski definition) is 2. The van der Waals surface area contributed by atoms with Crippen LogP contribution in [0, 0.1) is 0 Å². The lowest BCUT2D eigenvalue weighted by Crippen LogP contribution is -2.45. The van der Waals surface area contributed by atoms with E-state index in [1.165, 1.54) is 0 Å². The van der Waals surface area contributed by atoms with E-state index in [1.807, 2.05) is 0 Å². The second kappa shape index (κ2) is 8.62. The highest BCUT2D eigenvalue weighted by Crippen LogP contribution is 2.38. The Balaban J connectivity index is 0.00000220. The molecule has 120 valence electrons. The number of hydrogen-bond acceptors (Lipinski definition) is 3. The molecule has 1 aliphatic heterocycles. The smallest absolute Gasteiger partial charge is 0.240 e.